The summed E-state index contributed by atoms with van der Waals surface area (Å²) < 4.78 is 0. The first kappa shape index (κ1) is 22.5. The molecule has 0 unspecified atom stereocenters. The van der Waals surface area contributed by atoms with Crippen LogP contribution in [0.25, 0.3) is 0 Å². The topological polar surface area (TPSA) is 98.0 Å². The summed E-state index contributed by atoms with van der Waals surface area (Å²) in [7, 11) is 0. The number of rotatable bonds is 4. The maximum atomic E-state index is 11.6. The number of aliphatic hydroxyl groups is 3. The number of aliphatic carboxylic acids is 1. The van der Waals surface area contributed by atoms with Crippen molar-refractivity contribution in [2.45, 2.75) is 97.4 Å². The summed E-state index contributed by atoms with van der Waals surface area (Å²) in [6.07, 6.45) is 4.91. The van der Waals surface area contributed by atoms with E-state index in [-0.39, 0.29) is 53.1 Å². The normalized spacial score (nSPS) is 54.0. The van der Waals surface area contributed by atoms with Crippen LogP contribution in [-0.4, -0.2) is 44.7 Å². The number of aliphatic hydroxyl groups excluding tert-OH is 3. The maximum absolute atomic E-state index is 11.6. The van der Waals surface area contributed by atoms with Gasteiger partial charge >= 0.3 is 5.97 Å². The van der Waals surface area contributed by atoms with E-state index in [4.69, 9.17) is 5.11 Å². The second-order valence-corrected chi connectivity index (χ2v) is 11.9. The molecule has 4 aliphatic rings. The van der Waals surface area contributed by atoms with E-state index in [1.807, 2.05) is 0 Å². The number of carbonyl (C=O) groups is 1. The SMILES string of the molecule is C[C@@H](CCC(=O)O)[C@@H]1CC[C@H]2[C@H]3[C@@H](O)C[C@@H]4C[C@@H](O)C[C@H](C)[C@]4(C)[C@H]3C[C@H](O)[C@]21C. The van der Waals surface area contributed by atoms with Crippen LogP contribution in [0.3, 0.4) is 0 Å². The first-order valence-electron chi connectivity index (χ1n) is 12.3. The zero-order valence-electron chi connectivity index (χ0n) is 19.1. The molecule has 5 nitrogen and oxygen atoms in total. The van der Waals surface area contributed by atoms with Gasteiger partial charge in [0.2, 0.25) is 0 Å². The fourth-order valence-corrected chi connectivity index (χ4v) is 9.15. The Labute approximate surface area is 181 Å². The number of fused-ring (bicyclic) bond motifs is 5. The molecule has 5 heteroatoms. The molecular weight excluding hydrogens is 380 g/mol. The lowest BCUT2D eigenvalue weighted by molar-refractivity contribution is -0.220. The van der Waals surface area contributed by atoms with Crippen molar-refractivity contribution in [2.75, 3.05) is 0 Å². The summed E-state index contributed by atoms with van der Waals surface area (Å²) >= 11 is 0. The van der Waals surface area contributed by atoms with Crippen LogP contribution in [0, 0.1) is 52.3 Å². The van der Waals surface area contributed by atoms with Gasteiger partial charge in [0.05, 0.1) is 18.3 Å². The van der Waals surface area contributed by atoms with E-state index in [1.165, 1.54) is 0 Å². The zero-order chi connectivity index (χ0) is 22.0. The van der Waals surface area contributed by atoms with E-state index >= 15 is 0 Å². The van der Waals surface area contributed by atoms with Crippen LogP contribution < -0.4 is 0 Å². The van der Waals surface area contributed by atoms with Crippen molar-refractivity contribution in [3.63, 3.8) is 0 Å². The summed E-state index contributed by atoms with van der Waals surface area (Å²) in [6, 6.07) is 0. The van der Waals surface area contributed by atoms with E-state index < -0.39 is 12.1 Å². The molecule has 0 aliphatic heterocycles. The first-order valence-corrected chi connectivity index (χ1v) is 12.3. The molecule has 0 saturated heterocycles. The van der Waals surface area contributed by atoms with Gasteiger partial charge in [-0.25, -0.2) is 0 Å². The summed E-state index contributed by atoms with van der Waals surface area (Å²) in [5.41, 5.74) is -0.195. The average Bonchev–Trinajstić information content (AvgIpc) is 3.01. The maximum Gasteiger partial charge on any atom is 0.303 e. The molecule has 0 heterocycles. The molecule has 4 aliphatic carbocycles. The van der Waals surface area contributed by atoms with Crippen molar-refractivity contribution >= 4 is 5.97 Å². The Kier molecular flexibility index (Phi) is 5.81. The van der Waals surface area contributed by atoms with E-state index in [9.17, 15) is 20.1 Å². The van der Waals surface area contributed by atoms with Crippen LogP contribution in [0.1, 0.15) is 79.1 Å². The number of hydrogen-bond donors (Lipinski definition) is 4. The standard InChI is InChI=1S/C25H42O5/c1-13(5-8-22(29)30)17-6-7-18-23-19(12-21(28)25(17,18)4)24(3)14(2)9-16(26)10-15(24)11-20(23)27/h13-21,23,26-28H,5-12H2,1-4H3,(H,29,30)/t13-,14-,15-,16-,17-,18-,19-,20-,21-,23+,24-,25-/m0/s1. The Balaban J connectivity index is 1.63. The van der Waals surface area contributed by atoms with Gasteiger partial charge in [0, 0.05) is 6.42 Å². The number of carboxylic acid groups (broad SMARTS) is 1. The molecule has 0 spiro atoms. The lowest BCUT2D eigenvalue weighted by Gasteiger charge is -2.65. The molecular formula is C25H42O5. The molecule has 0 aromatic rings. The number of carboxylic acids is 1. The lowest BCUT2D eigenvalue weighted by Crippen LogP contribution is -2.64. The molecule has 12 atom stereocenters. The second kappa shape index (κ2) is 7.74. The third-order valence-electron chi connectivity index (χ3n) is 10.9. The Morgan fingerprint density at radius 2 is 1.70 bits per heavy atom. The van der Waals surface area contributed by atoms with Gasteiger partial charge in [0.1, 0.15) is 0 Å². The van der Waals surface area contributed by atoms with Gasteiger partial charge in [-0.1, -0.05) is 27.7 Å². The Hall–Kier alpha value is -0.650. The van der Waals surface area contributed by atoms with Crippen LogP contribution in [0.4, 0.5) is 0 Å². The van der Waals surface area contributed by atoms with Crippen molar-refractivity contribution in [2.24, 2.45) is 52.3 Å². The monoisotopic (exact) mass is 422 g/mol. The third kappa shape index (κ3) is 3.17. The Morgan fingerprint density at radius 1 is 1.00 bits per heavy atom. The first-order chi connectivity index (χ1) is 14.0. The average molecular weight is 423 g/mol. The van der Waals surface area contributed by atoms with Gasteiger partial charge in [-0.3, -0.25) is 4.79 Å². The Morgan fingerprint density at radius 3 is 2.37 bits per heavy atom. The second-order valence-electron chi connectivity index (χ2n) is 11.9. The van der Waals surface area contributed by atoms with Gasteiger partial charge in [-0.05, 0) is 97.2 Å². The molecule has 0 radical (unpaired) electrons. The van der Waals surface area contributed by atoms with E-state index in [1.54, 1.807) is 0 Å². The van der Waals surface area contributed by atoms with Gasteiger partial charge in [0.25, 0.3) is 0 Å². The van der Waals surface area contributed by atoms with Crippen molar-refractivity contribution in [1.29, 1.82) is 0 Å². The molecule has 0 bridgehead atoms. The molecule has 172 valence electrons. The fourth-order valence-electron chi connectivity index (χ4n) is 9.15. The van der Waals surface area contributed by atoms with E-state index in [2.05, 4.69) is 27.7 Å². The molecule has 0 aromatic carbocycles. The van der Waals surface area contributed by atoms with Crippen molar-refractivity contribution in [3.05, 3.63) is 0 Å². The van der Waals surface area contributed by atoms with Crippen molar-refractivity contribution in [1.82, 2.24) is 0 Å². The van der Waals surface area contributed by atoms with E-state index in [0.29, 0.717) is 24.2 Å². The van der Waals surface area contributed by atoms with Gasteiger partial charge in [-0.2, -0.15) is 0 Å². The molecule has 0 aromatic heterocycles. The minimum atomic E-state index is -0.749. The highest BCUT2D eigenvalue weighted by molar-refractivity contribution is 5.66. The van der Waals surface area contributed by atoms with Gasteiger partial charge in [0.15, 0.2) is 0 Å². The van der Waals surface area contributed by atoms with Crippen molar-refractivity contribution in [3.8, 4) is 0 Å². The van der Waals surface area contributed by atoms with Gasteiger partial charge in [-0.15, -0.1) is 0 Å². The fraction of sp³-hybridized carbons (Fsp3) is 0.960. The predicted molar refractivity (Wildman–Crippen MR) is 115 cm³/mol. The predicted octanol–water partition coefficient (Wildman–Crippen LogP) is 3.69. The molecule has 4 N–H and O–H groups in total. The van der Waals surface area contributed by atoms with Gasteiger partial charge < -0.3 is 20.4 Å². The van der Waals surface area contributed by atoms with Crippen LogP contribution in [0.2, 0.25) is 0 Å². The minimum absolute atomic E-state index is 0.0540. The van der Waals surface area contributed by atoms with E-state index in [0.717, 1.165) is 38.5 Å². The zero-order valence-corrected chi connectivity index (χ0v) is 19.1. The van der Waals surface area contributed by atoms with Crippen LogP contribution >= 0.6 is 0 Å². The smallest absolute Gasteiger partial charge is 0.303 e. The summed E-state index contributed by atoms with van der Waals surface area (Å²) in [6.45, 7) is 9.01. The highest BCUT2D eigenvalue weighted by Crippen LogP contribution is 2.69. The Bertz CT molecular complexity index is 666. The molecule has 0 amide bonds. The number of hydrogen-bond acceptors (Lipinski definition) is 4. The summed E-state index contributed by atoms with van der Waals surface area (Å²) in [5.74, 6) is 1.29. The van der Waals surface area contributed by atoms with Crippen molar-refractivity contribution < 1.29 is 25.2 Å². The molecule has 4 rings (SSSR count). The molecule has 30 heavy (non-hydrogen) atoms. The van der Waals surface area contributed by atoms with Crippen LogP contribution in [-0.2, 0) is 4.79 Å². The quantitative estimate of drug-likeness (QED) is 0.554. The molecule has 4 saturated carbocycles. The highest BCUT2D eigenvalue weighted by atomic mass is 16.4. The van der Waals surface area contributed by atoms with Crippen LogP contribution in [0.15, 0.2) is 0 Å². The third-order valence-corrected chi connectivity index (χ3v) is 10.9. The minimum Gasteiger partial charge on any atom is -0.481 e. The van der Waals surface area contributed by atoms with Crippen LogP contribution in [0.5, 0.6) is 0 Å². The highest BCUT2D eigenvalue weighted by Gasteiger charge is 2.66. The largest absolute Gasteiger partial charge is 0.481 e. The summed E-state index contributed by atoms with van der Waals surface area (Å²) in [4.78, 5) is 11.1. The lowest BCUT2D eigenvalue weighted by atomic mass is 9.41. The summed E-state index contributed by atoms with van der Waals surface area (Å²) in [5, 5.41) is 42.4. The molecule has 4 fully saturated rings.